The normalized spacial score (nSPS) is 18.2. The lowest BCUT2D eigenvalue weighted by molar-refractivity contribution is 0.0728. The molecule has 22 heavy (non-hydrogen) atoms. The van der Waals surface area contributed by atoms with E-state index in [1.807, 2.05) is 30.1 Å². The molecule has 3 aromatic rings. The molecular weight excluding hydrogens is 278 g/mol. The fourth-order valence-electron chi connectivity index (χ4n) is 3.27. The summed E-state index contributed by atoms with van der Waals surface area (Å²) < 4.78 is 2.10. The topological polar surface area (TPSA) is 66.8 Å². The van der Waals surface area contributed by atoms with Crippen molar-refractivity contribution in [2.75, 3.05) is 6.54 Å². The highest BCUT2D eigenvalue weighted by Crippen LogP contribution is 2.33. The van der Waals surface area contributed by atoms with Crippen molar-refractivity contribution < 1.29 is 4.79 Å². The standard InChI is InChI=1S/C16H17N5O/c1-20-13-6-3-2-5-12(13)19-15(20)14-7-4-8-21(14)16(22)11-9-17-18-10-11/h2-3,5-6,9-10,14H,4,7-8H2,1H3,(H,17,18)/t14-/m0/s1. The van der Waals surface area contributed by atoms with Gasteiger partial charge in [0, 0.05) is 19.8 Å². The van der Waals surface area contributed by atoms with Crippen molar-refractivity contribution in [1.29, 1.82) is 0 Å². The number of para-hydroxylation sites is 2. The molecular formula is C16H17N5O. The zero-order valence-electron chi connectivity index (χ0n) is 12.4. The minimum Gasteiger partial charge on any atom is -0.329 e. The van der Waals surface area contributed by atoms with Gasteiger partial charge < -0.3 is 9.47 Å². The van der Waals surface area contributed by atoms with Crippen LogP contribution in [-0.4, -0.2) is 37.1 Å². The number of H-pyrrole nitrogens is 1. The van der Waals surface area contributed by atoms with Crippen molar-refractivity contribution in [1.82, 2.24) is 24.6 Å². The largest absolute Gasteiger partial charge is 0.329 e. The van der Waals surface area contributed by atoms with Crippen LogP contribution in [0.2, 0.25) is 0 Å². The molecule has 1 fully saturated rings. The van der Waals surface area contributed by atoms with E-state index in [0.717, 1.165) is 36.2 Å². The Kier molecular flexibility index (Phi) is 2.96. The molecule has 6 nitrogen and oxygen atoms in total. The van der Waals surface area contributed by atoms with Crippen LogP contribution in [0.4, 0.5) is 0 Å². The van der Waals surface area contributed by atoms with E-state index in [2.05, 4.69) is 20.8 Å². The molecule has 1 atom stereocenters. The molecule has 1 aliphatic heterocycles. The number of amides is 1. The van der Waals surface area contributed by atoms with Gasteiger partial charge in [-0.3, -0.25) is 9.89 Å². The second kappa shape index (κ2) is 4.98. The number of nitrogens with one attached hydrogen (secondary N) is 1. The summed E-state index contributed by atoms with van der Waals surface area (Å²) in [5.74, 6) is 0.971. The second-order valence-electron chi connectivity index (χ2n) is 5.66. The van der Waals surface area contributed by atoms with Crippen molar-refractivity contribution in [3.8, 4) is 0 Å². The maximum Gasteiger partial charge on any atom is 0.257 e. The molecule has 1 amide bonds. The van der Waals surface area contributed by atoms with Crippen LogP contribution < -0.4 is 0 Å². The first-order chi connectivity index (χ1) is 10.8. The van der Waals surface area contributed by atoms with Gasteiger partial charge in [-0.2, -0.15) is 5.10 Å². The summed E-state index contributed by atoms with van der Waals surface area (Å²) in [7, 11) is 2.02. The van der Waals surface area contributed by atoms with Crippen molar-refractivity contribution in [3.05, 3.63) is 48.0 Å². The maximum atomic E-state index is 12.6. The van der Waals surface area contributed by atoms with Crippen LogP contribution in [0.3, 0.4) is 0 Å². The molecule has 0 spiro atoms. The van der Waals surface area contributed by atoms with Gasteiger partial charge in [0.2, 0.25) is 0 Å². The van der Waals surface area contributed by atoms with E-state index < -0.39 is 0 Å². The number of carbonyl (C=O) groups excluding carboxylic acids is 1. The van der Waals surface area contributed by atoms with E-state index >= 15 is 0 Å². The van der Waals surface area contributed by atoms with Gasteiger partial charge >= 0.3 is 0 Å². The predicted octanol–water partition coefficient (Wildman–Crippen LogP) is 2.27. The number of imidazole rings is 1. The fraction of sp³-hybridized carbons (Fsp3) is 0.312. The van der Waals surface area contributed by atoms with Crippen molar-refractivity contribution in [2.24, 2.45) is 7.05 Å². The van der Waals surface area contributed by atoms with Crippen molar-refractivity contribution >= 4 is 16.9 Å². The molecule has 0 aliphatic carbocycles. The van der Waals surface area contributed by atoms with Crippen LogP contribution in [-0.2, 0) is 7.05 Å². The first-order valence-electron chi connectivity index (χ1n) is 7.47. The average molecular weight is 295 g/mol. The Bertz CT molecular complexity index is 820. The summed E-state index contributed by atoms with van der Waals surface area (Å²) >= 11 is 0. The van der Waals surface area contributed by atoms with Gasteiger partial charge in [-0.15, -0.1) is 0 Å². The molecule has 0 radical (unpaired) electrons. The smallest absolute Gasteiger partial charge is 0.257 e. The summed E-state index contributed by atoms with van der Waals surface area (Å²) in [6.07, 6.45) is 5.16. The van der Waals surface area contributed by atoms with Gasteiger partial charge in [0.15, 0.2) is 0 Å². The quantitative estimate of drug-likeness (QED) is 0.788. The molecule has 0 saturated carbocycles. The zero-order chi connectivity index (χ0) is 15.1. The Labute approximate surface area is 127 Å². The Morgan fingerprint density at radius 1 is 1.36 bits per heavy atom. The second-order valence-corrected chi connectivity index (χ2v) is 5.66. The molecule has 4 rings (SSSR count). The number of aryl methyl sites for hydroxylation is 1. The Morgan fingerprint density at radius 2 is 2.23 bits per heavy atom. The first-order valence-corrected chi connectivity index (χ1v) is 7.47. The Morgan fingerprint density at radius 3 is 3.00 bits per heavy atom. The minimum atomic E-state index is 0.0170. The Balaban J connectivity index is 1.73. The monoisotopic (exact) mass is 295 g/mol. The highest BCUT2D eigenvalue weighted by Gasteiger charge is 2.33. The van der Waals surface area contributed by atoms with E-state index in [-0.39, 0.29) is 11.9 Å². The number of likely N-dealkylation sites (tertiary alicyclic amines) is 1. The van der Waals surface area contributed by atoms with E-state index in [4.69, 9.17) is 4.98 Å². The molecule has 1 saturated heterocycles. The lowest BCUT2D eigenvalue weighted by Crippen LogP contribution is -2.31. The summed E-state index contributed by atoms with van der Waals surface area (Å²) in [5, 5.41) is 6.57. The van der Waals surface area contributed by atoms with Gasteiger partial charge in [-0.1, -0.05) is 12.1 Å². The molecule has 0 bridgehead atoms. The van der Waals surface area contributed by atoms with Gasteiger partial charge in [-0.25, -0.2) is 4.98 Å². The van der Waals surface area contributed by atoms with Crippen LogP contribution >= 0.6 is 0 Å². The first kappa shape index (κ1) is 13.1. The summed E-state index contributed by atoms with van der Waals surface area (Å²) in [5.41, 5.74) is 2.67. The van der Waals surface area contributed by atoms with Crippen LogP contribution in [0.1, 0.15) is 35.1 Å². The molecule has 0 unspecified atom stereocenters. The highest BCUT2D eigenvalue weighted by atomic mass is 16.2. The molecule has 3 heterocycles. The van der Waals surface area contributed by atoms with Crippen LogP contribution in [0, 0.1) is 0 Å². The number of hydrogen-bond donors (Lipinski definition) is 1. The SMILES string of the molecule is Cn1c([C@@H]2CCCN2C(=O)c2cn[nH]c2)nc2ccccc21. The molecule has 6 heteroatoms. The number of nitrogens with zero attached hydrogens (tertiary/aromatic N) is 4. The summed E-state index contributed by atoms with van der Waals surface area (Å²) in [6, 6.07) is 8.10. The van der Waals surface area contributed by atoms with E-state index in [1.165, 1.54) is 0 Å². The van der Waals surface area contributed by atoms with Crippen molar-refractivity contribution in [2.45, 2.75) is 18.9 Å². The number of carbonyl (C=O) groups is 1. The number of hydrogen-bond acceptors (Lipinski definition) is 3. The number of aromatic amines is 1. The van der Waals surface area contributed by atoms with Gasteiger partial charge in [-0.05, 0) is 25.0 Å². The Hall–Kier alpha value is -2.63. The lowest BCUT2D eigenvalue weighted by atomic mass is 10.2. The third-order valence-corrected chi connectivity index (χ3v) is 4.38. The van der Waals surface area contributed by atoms with E-state index in [1.54, 1.807) is 12.4 Å². The van der Waals surface area contributed by atoms with E-state index in [9.17, 15) is 4.79 Å². The van der Waals surface area contributed by atoms with Crippen molar-refractivity contribution in [3.63, 3.8) is 0 Å². The van der Waals surface area contributed by atoms with Crippen LogP contribution in [0.15, 0.2) is 36.7 Å². The fourth-order valence-corrected chi connectivity index (χ4v) is 3.27. The number of benzene rings is 1. The average Bonchev–Trinajstić information content (AvgIpc) is 3.27. The summed E-state index contributed by atoms with van der Waals surface area (Å²) in [6.45, 7) is 0.762. The number of rotatable bonds is 2. The molecule has 1 N–H and O–H groups in total. The number of fused-ring (bicyclic) bond motifs is 1. The third-order valence-electron chi connectivity index (χ3n) is 4.38. The third kappa shape index (κ3) is 1.91. The van der Waals surface area contributed by atoms with Gasteiger partial charge in [0.1, 0.15) is 5.82 Å². The zero-order valence-corrected chi connectivity index (χ0v) is 12.4. The molecule has 112 valence electrons. The lowest BCUT2D eigenvalue weighted by Gasteiger charge is -2.23. The maximum absolute atomic E-state index is 12.6. The number of aromatic nitrogens is 4. The van der Waals surface area contributed by atoms with Crippen LogP contribution in [0.5, 0.6) is 0 Å². The van der Waals surface area contributed by atoms with Gasteiger partial charge in [0.05, 0.1) is 28.8 Å². The molecule has 1 aliphatic rings. The van der Waals surface area contributed by atoms with E-state index in [0.29, 0.717) is 5.56 Å². The predicted molar refractivity (Wildman–Crippen MR) is 82.3 cm³/mol. The van der Waals surface area contributed by atoms with Gasteiger partial charge in [0.25, 0.3) is 5.91 Å². The minimum absolute atomic E-state index is 0.0170. The highest BCUT2D eigenvalue weighted by molar-refractivity contribution is 5.94. The summed E-state index contributed by atoms with van der Waals surface area (Å²) in [4.78, 5) is 19.3. The van der Waals surface area contributed by atoms with Crippen LogP contribution in [0.25, 0.3) is 11.0 Å². The molecule has 1 aromatic carbocycles. The molecule has 2 aromatic heterocycles.